The highest BCUT2D eigenvalue weighted by Gasteiger charge is 1.95. The Kier molecular flexibility index (Phi) is 1.74. The molecule has 0 fully saturated rings. The van der Waals surface area contributed by atoms with E-state index < -0.39 is 0 Å². The van der Waals surface area contributed by atoms with Gasteiger partial charge in [0.25, 0.3) is 5.95 Å². The molecule has 10 heavy (non-hydrogen) atoms. The van der Waals surface area contributed by atoms with E-state index in [0.717, 1.165) is 0 Å². The van der Waals surface area contributed by atoms with Crippen LogP contribution in [0.1, 0.15) is 0 Å². The predicted octanol–water partition coefficient (Wildman–Crippen LogP) is 1.27. The molecule has 0 atom stereocenters. The molecule has 6 heteroatoms. The second kappa shape index (κ2) is 2.72. The van der Waals surface area contributed by atoms with Gasteiger partial charge in [-0.1, -0.05) is 0 Å². The Morgan fingerprint density at radius 1 is 1.30 bits per heavy atom. The van der Waals surface area contributed by atoms with Gasteiger partial charge in [0.1, 0.15) is 0 Å². The molecule has 0 radical (unpaired) electrons. The highest BCUT2D eigenvalue weighted by Crippen LogP contribution is 2.09. The van der Waals surface area contributed by atoms with E-state index in [-0.39, 0.29) is 11.8 Å². The molecule has 6 nitrogen and oxygen atoms in total. The third-order valence-corrected chi connectivity index (χ3v) is 0.803. The summed E-state index contributed by atoms with van der Waals surface area (Å²) in [6.07, 6.45) is 1.24. The summed E-state index contributed by atoms with van der Waals surface area (Å²) in [4.78, 5) is 26.3. The van der Waals surface area contributed by atoms with Gasteiger partial charge in [0.15, 0.2) is 0 Å². The minimum Gasteiger partial charge on any atom is -0.217 e. The number of aromatic nitrogens is 2. The molecule has 0 aromatic carbocycles. The topological polar surface area (TPSA) is 84.6 Å². The number of rotatable bonds is 2. The van der Waals surface area contributed by atoms with Crippen molar-refractivity contribution in [1.29, 1.82) is 0 Å². The molecule has 50 valence electrons. The molecule has 0 N–H and O–H groups in total. The van der Waals surface area contributed by atoms with Crippen molar-refractivity contribution in [2.45, 2.75) is 0 Å². The van der Waals surface area contributed by atoms with E-state index in [1.807, 2.05) is 0 Å². The second-order valence-electron chi connectivity index (χ2n) is 1.40. The molecule has 0 aliphatic carbocycles. The molecule has 1 aromatic heterocycles. The normalized spacial score (nSPS) is 8.80. The Balaban J connectivity index is 3.09. The first-order valence-corrected chi connectivity index (χ1v) is 2.36. The van der Waals surface area contributed by atoms with Crippen LogP contribution in [0.2, 0.25) is 0 Å². The molecule has 1 heterocycles. The Labute approximate surface area is 55.3 Å². The highest BCUT2D eigenvalue weighted by atomic mass is 16.3. The molecular formula is C4H2N4O2. The van der Waals surface area contributed by atoms with E-state index in [1.165, 1.54) is 12.3 Å². The van der Waals surface area contributed by atoms with Crippen LogP contribution in [0.3, 0.4) is 0 Å². The lowest BCUT2D eigenvalue weighted by molar-refractivity contribution is 1.11. The standard InChI is InChI=1S/C4H2N4O2/c9-7-3-1-2-5-4(6-3)8-10/h1-2H. The van der Waals surface area contributed by atoms with Gasteiger partial charge >= 0.3 is 0 Å². The maximum Gasteiger partial charge on any atom is 0.293 e. The fourth-order valence-corrected chi connectivity index (χ4v) is 0.434. The summed E-state index contributed by atoms with van der Waals surface area (Å²) in [6, 6.07) is 1.28. The third-order valence-electron chi connectivity index (χ3n) is 0.803. The van der Waals surface area contributed by atoms with Gasteiger partial charge in [0.05, 0.1) is 0 Å². The summed E-state index contributed by atoms with van der Waals surface area (Å²) in [7, 11) is 0. The van der Waals surface area contributed by atoms with Crippen molar-refractivity contribution in [1.82, 2.24) is 9.97 Å². The van der Waals surface area contributed by atoms with Crippen LogP contribution in [0, 0.1) is 9.81 Å². The van der Waals surface area contributed by atoms with E-state index in [9.17, 15) is 9.81 Å². The minimum absolute atomic E-state index is 0.0930. The van der Waals surface area contributed by atoms with Crippen molar-refractivity contribution in [3.63, 3.8) is 0 Å². The van der Waals surface area contributed by atoms with Crippen molar-refractivity contribution >= 4 is 11.8 Å². The Hall–Kier alpha value is -1.72. The predicted molar refractivity (Wildman–Crippen MR) is 32.9 cm³/mol. The van der Waals surface area contributed by atoms with Crippen LogP contribution in [0.4, 0.5) is 11.8 Å². The molecule has 1 rings (SSSR count). The first-order valence-electron chi connectivity index (χ1n) is 2.36. The summed E-state index contributed by atoms with van der Waals surface area (Å²) >= 11 is 0. The summed E-state index contributed by atoms with van der Waals surface area (Å²) < 4.78 is 0. The Morgan fingerprint density at radius 2 is 2.10 bits per heavy atom. The first-order chi connectivity index (χ1) is 4.86. The molecule has 0 amide bonds. The van der Waals surface area contributed by atoms with Crippen molar-refractivity contribution in [2.75, 3.05) is 0 Å². The van der Waals surface area contributed by atoms with E-state index in [2.05, 4.69) is 20.3 Å². The van der Waals surface area contributed by atoms with Gasteiger partial charge in [-0.3, -0.25) is 0 Å². The molecule has 0 saturated carbocycles. The van der Waals surface area contributed by atoms with E-state index in [1.54, 1.807) is 0 Å². The average molecular weight is 138 g/mol. The van der Waals surface area contributed by atoms with Crippen molar-refractivity contribution in [3.8, 4) is 0 Å². The van der Waals surface area contributed by atoms with Crippen LogP contribution in [-0.4, -0.2) is 9.97 Å². The summed E-state index contributed by atoms with van der Waals surface area (Å²) in [6.45, 7) is 0. The van der Waals surface area contributed by atoms with Gasteiger partial charge in [-0.25, -0.2) is 4.98 Å². The maximum atomic E-state index is 9.79. The Morgan fingerprint density at radius 3 is 2.70 bits per heavy atom. The van der Waals surface area contributed by atoms with Gasteiger partial charge < -0.3 is 0 Å². The quantitative estimate of drug-likeness (QED) is 0.576. The zero-order valence-electron chi connectivity index (χ0n) is 4.76. The fourth-order valence-electron chi connectivity index (χ4n) is 0.434. The number of hydrogen-bond donors (Lipinski definition) is 0. The van der Waals surface area contributed by atoms with Gasteiger partial charge in [-0.05, 0) is 5.18 Å². The van der Waals surface area contributed by atoms with Crippen LogP contribution in [0.15, 0.2) is 22.6 Å². The zero-order valence-corrected chi connectivity index (χ0v) is 4.76. The van der Waals surface area contributed by atoms with Gasteiger partial charge in [0.2, 0.25) is 5.82 Å². The SMILES string of the molecule is O=Nc1ccnc(N=O)n1. The molecule has 0 unspecified atom stereocenters. The van der Waals surface area contributed by atoms with Gasteiger partial charge in [-0.15, -0.1) is 9.81 Å². The minimum atomic E-state index is -0.280. The molecular weight excluding hydrogens is 136 g/mol. The van der Waals surface area contributed by atoms with Crippen LogP contribution in [0.5, 0.6) is 0 Å². The summed E-state index contributed by atoms with van der Waals surface area (Å²) in [5, 5.41) is 4.89. The molecule has 0 aliphatic rings. The molecule has 0 bridgehead atoms. The van der Waals surface area contributed by atoms with Gasteiger partial charge in [-0.2, -0.15) is 4.98 Å². The average Bonchev–Trinajstić information content (AvgIpc) is 2.05. The van der Waals surface area contributed by atoms with Crippen LogP contribution < -0.4 is 0 Å². The monoisotopic (exact) mass is 138 g/mol. The number of hydrogen-bond acceptors (Lipinski definition) is 6. The Bertz CT molecular complexity index is 238. The molecule has 0 spiro atoms. The lowest BCUT2D eigenvalue weighted by Crippen LogP contribution is -1.76. The van der Waals surface area contributed by atoms with Crippen molar-refractivity contribution in [3.05, 3.63) is 22.1 Å². The fraction of sp³-hybridized carbons (Fsp3) is 0. The lowest BCUT2D eigenvalue weighted by atomic mass is 10.6. The van der Waals surface area contributed by atoms with Crippen LogP contribution >= 0.6 is 0 Å². The molecule has 0 saturated heterocycles. The zero-order chi connectivity index (χ0) is 7.40. The number of nitroso groups, excluding NO2 is 2. The number of nitrogens with zero attached hydrogens (tertiary/aromatic N) is 4. The maximum absolute atomic E-state index is 9.79. The van der Waals surface area contributed by atoms with E-state index in [4.69, 9.17) is 0 Å². The second-order valence-corrected chi connectivity index (χ2v) is 1.40. The van der Waals surface area contributed by atoms with Crippen LogP contribution in [-0.2, 0) is 0 Å². The van der Waals surface area contributed by atoms with Crippen molar-refractivity contribution < 1.29 is 0 Å². The lowest BCUT2D eigenvalue weighted by Gasteiger charge is -1.85. The third kappa shape index (κ3) is 1.16. The van der Waals surface area contributed by atoms with E-state index >= 15 is 0 Å². The first kappa shape index (κ1) is 6.40. The largest absolute Gasteiger partial charge is 0.293 e. The highest BCUT2D eigenvalue weighted by molar-refractivity contribution is 5.29. The van der Waals surface area contributed by atoms with Crippen LogP contribution in [0.25, 0.3) is 0 Å². The van der Waals surface area contributed by atoms with Crippen molar-refractivity contribution in [2.24, 2.45) is 10.4 Å². The smallest absolute Gasteiger partial charge is 0.217 e. The summed E-state index contributed by atoms with van der Waals surface area (Å²) in [5.74, 6) is -0.373. The summed E-state index contributed by atoms with van der Waals surface area (Å²) in [5.41, 5.74) is 0. The van der Waals surface area contributed by atoms with Gasteiger partial charge in [0, 0.05) is 17.4 Å². The molecule has 0 aliphatic heterocycles. The molecule has 1 aromatic rings. The van der Waals surface area contributed by atoms with E-state index in [0.29, 0.717) is 0 Å².